The lowest BCUT2D eigenvalue weighted by atomic mass is 10.3. The van der Waals surface area contributed by atoms with Gasteiger partial charge in [0.15, 0.2) is 0 Å². The predicted octanol–water partition coefficient (Wildman–Crippen LogP) is 3.07. The molecule has 0 saturated carbocycles. The molecule has 1 unspecified atom stereocenters. The molecule has 0 fully saturated rings. The second-order valence-electron chi connectivity index (χ2n) is 3.90. The molecule has 4 nitrogen and oxygen atoms in total. The number of rotatable bonds is 6. The summed E-state index contributed by atoms with van der Waals surface area (Å²) in [5, 5.41) is 9.64. The monoisotopic (exact) mass is 392 g/mol. The van der Waals surface area contributed by atoms with Crippen LogP contribution in [0.3, 0.4) is 0 Å². The summed E-state index contributed by atoms with van der Waals surface area (Å²) in [5.74, 6) is 0.0716. The minimum atomic E-state index is -0.894. The Morgan fingerprint density at radius 2 is 2.11 bits per heavy atom. The van der Waals surface area contributed by atoms with Crippen molar-refractivity contribution in [2.24, 2.45) is 0 Å². The van der Waals surface area contributed by atoms with Crippen LogP contribution in [0.2, 0.25) is 0 Å². The zero-order valence-electron chi connectivity index (χ0n) is 10.4. The summed E-state index contributed by atoms with van der Waals surface area (Å²) in [4.78, 5) is 11.1. The highest BCUT2D eigenvalue weighted by Crippen LogP contribution is 2.32. The van der Waals surface area contributed by atoms with Gasteiger partial charge in [-0.15, -0.1) is 0 Å². The average Bonchev–Trinajstić information content (AvgIpc) is 2.37. The number of aliphatic hydroxyl groups excluding tert-OH is 1. The molecule has 0 aliphatic rings. The molecule has 0 bridgehead atoms. The minimum absolute atomic E-state index is 0.0263. The number of benzene rings is 1. The molecule has 0 spiro atoms. The van der Waals surface area contributed by atoms with Crippen LogP contribution in [0, 0.1) is 0 Å². The lowest BCUT2D eigenvalue weighted by molar-refractivity contribution is -0.142. The largest absolute Gasteiger partial charge is 0.490 e. The van der Waals surface area contributed by atoms with Crippen LogP contribution < -0.4 is 4.74 Å². The van der Waals surface area contributed by atoms with Crippen molar-refractivity contribution in [3.63, 3.8) is 0 Å². The molecule has 6 heteroatoms. The van der Waals surface area contributed by atoms with E-state index in [1.165, 1.54) is 0 Å². The van der Waals surface area contributed by atoms with Crippen LogP contribution in [0.25, 0.3) is 0 Å². The van der Waals surface area contributed by atoms with Crippen molar-refractivity contribution < 1.29 is 19.4 Å². The van der Waals surface area contributed by atoms with Gasteiger partial charge in [-0.2, -0.15) is 0 Å². The minimum Gasteiger partial charge on any atom is -0.490 e. The fraction of sp³-hybridized carbons (Fsp3) is 0.308. The van der Waals surface area contributed by atoms with Gasteiger partial charge in [0.25, 0.3) is 0 Å². The standard InChI is InChI=1S/C13H14Br2O4/c1-8(2)13(17)19-7-9(16)6-18-11-5-3-4-10(14)12(11)15/h3-5,9,16H,1,6-7H2,2H3. The molecule has 1 aromatic carbocycles. The first-order valence-electron chi connectivity index (χ1n) is 5.49. The number of ether oxygens (including phenoxy) is 2. The molecule has 0 radical (unpaired) electrons. The number of aliphatic hydroxyl groups is 1. The summed E-state index contributed by atoms with van der Waals surface area (Å²) >= 11 is 6.71. The highest BCUT2D eigenvalue weighted by atomic mass is 79.9. The molecule has 1 N–H and O–H groups in total. The van der Waals surface area contributed by atoms with Gasteiger partial charge in [0.2, 0.25) is 0 Å². The van der Waals surface area contributed by atoms with Gasteiger partial charge in [-0.3, -0.25) is 0 Å². The molecule has 0 aliphatic carbocycles. The Balaban J connectivity index is 2.42. The van der Waals surface area contributed by atoms with Crippen molar-refractivity contribution in [2.45, 2.75) is 13.0 Å². The lowest BCUT2D eigenvalue weighted by Crippen LogP contribution is -2.25. The van der Waals surface area contributed by atoms with E-state index >= 15 is 0 Å². The van der Waals surface area contributed by atoms with E-state index < -0.39 is 12.1 Å². The topological polar surface area (TPSA) is 55.8 Å². The second-order valence-corrected chi connectivity index (χ2v) is 5.54. The zero-order valence-corrected chi connectivity index (χ0v) is 13.5. The summed E-state index contributed by atoms with van der Waals surface area (Å²) in [6.07, 6.45) is -0.894. The van der Waals surface area contributed by atoms with Gasteiger partial charge in [-0.05, 0) is 50.9 Å². The molecule has 19 heavy (non-hydrogen) atoms. The van der Waals surface area contributed by atoms with Crippen molar-refractivity contribution in [3.8, 4) is 5.75 Å². The van der Waals surface area contributed by atoms with Crippen molar-refractivity contribution in [1.29, 1.82) is 0 Å². The highest BCUT2D eigenvalue weighted by molar-refractivity contribution is 9.13. The number of carbonyl (C=O) groups excluding carboxylic acids is 1. The van der Waals surface area contributed by atoms with Crippen LogP contribution in [0.1, 0.15) is 6.92 Å². The van der Waals surface area contributed by atoms with E-state index in [4.69, 9.17) is 9.47 Å². The van der Waals surface area contributed by atoms with Crippen molar-refractivity contribution in [2.75, 3.05) is 13.2 Å². The van der Waals surface area contributed by atoms with E-state index in [1.807, 2.05) is 12.1 Å². The van der Waals surface area contributed by atoms with Crippen molar-refractivity contribution >= 4 is 37.8 Å². The maximum Gasteiger partial charge on any atom is 0.333 e. The van der Waals surface area contributed by atoms with E-state index in [1.54, 1.807) is 13.0 Å². The zero-order chi connectivity index (χ0) is 14.4. The van der Waals surface area contributed by atoms with Crippen molar-refractivity contribution in [3.05, 3.63) is 39.3 Å². The highest BCUT2D eigenvalue weighted by Gasteiger charge is 2.11. The van der Waals surface area contributed by atoms with Gasteiger partial charge in [-0.1, -0.05) is 12.6 Å². The third kappa shape index (κ3) is 5.34. The summed E-state index contributed by atoms with van der Waals surface area (Å²) in [6, 6.07) is 5.45. The van der Waals surface area contributed by atoms with E-state index in [-0.39, 0.29) is 13.2 Å². The van der Waals surface area contributed by atoms with Crippen LogP contribution in [0.5, 0.6) is 5.75 Å². The van der Waals surface area contributed by atoms with Crippen LogP contribution in [0.15, 0.2) is 39.3 Å². The number of esters is 1. The third-order valence-electron chi connectivity index (χ3n) is 2.10. The van der Waals surface area contributed by atoms with E-state index in [0.29, 0.717) is 11.3 Å². The van der Waals surface area contributed by atoms with E-state index in [0.717, 1.165) is 8.95 Å². The van der Waals surface area contributed by atoms with Crippen LogP contribution in [-0.4, -0.2) is 30.4 Å². The number of hydrogen-bond acceptors (Lipinski definition) is 4. The third-order valence-corrected chi connectivity index (χ3v) is 4.11. The predicted molar refractivity (Wildman–Crippen MR) is 79.1 cm³/mol. The van der Waals surface area contributed by atoms with Gasteiger partial charge in [0.05, 0.1) is 4.47 Å². The van der Waals surface area contributed by atoms with E-state index in [2.05, 4.69) is 38.4 Å². The fourth-order valence-electron chi connectivity index (χ4n) is 1.12. The molecule has 0 amide bonds. The molecular formula is C13H14Br2O4. The van der Waals surface area contributed by atoms with Gasteiger partial charge >= 0.3 is 5.97 Å². The molecule has 1 rings (SSSR count). The van der Waals surface area contributed by atoms with Crippen LogP contribution >= 0.6 is 31.9 Å². The Bertz CT molecular complexity index is 474. The van der Waals surface area contributed by atoms with Gasteiger partial charge in [0.1, 0.15) is 25.1 Å². The molecule has 1 atom stereocenters. The summed E-state index contributed by atoms with van der Waals surface area (Å²) < 4.78 is 11.9. The Labute approximate surface area is 128 Å². The molecule has 104 valence electrons. The summed E-state index contributed by atoms with van der Waals surface area (Å²) in [5.41, 5.74) is 0.294. The normalized spacial score (nSPS) is 11.8. The lowest BCUT2D eigenvalue weighted by Gasteiger charge is -2.14. The Kier molecular flexibility index (Phi) is 6.54. The van der Waals surface area contributed by atoms with Gasteiger partial charge < -0.3 is 14.6 Å². The number of carbonyl (C=O) groups is 1. The maximum atomic E-state index is 11.1. The Hall–Kier alpha value is -0.850. The van der Waals surface area contributed by atoms with Gasteiger partial charge in [-0.25, -0.2) is 4.79 Å². The SMILES string of the molecule is C=C(C)C(=O)OCC(O)COc1cccc(Br)c1Br. The maximum absolute atomic E-state index is 11.1. The Morgan fingerprint density at radius 3 is 2.74 bits per heavy atom. The molecular weight excluding hydrogens is 380 g/mol. The summed E-state index contributed by atoms with van der Waals surface area (Å²) in [6.45, 7) is 4.89. The molecule has 0 aromatic heterocycles. The smallest absolute Gasteiger partial charge is 0.333 e. The first-order valence-corrected chi connectivity index (χ1v) is 7.08. The Morgan fingerprint density at radius 1 is 1.42 bits per heavy atom. The first-order chi connectivity index (χ1) is 8.91. The molecule has 0 aliphatic heterocycles. The quantitative estimate of drug-likeness (QED) is 0.596. The second kappa shape index (κ2) is 7.67. The average molecular weight is 394 g/mol. The molecule has 0 heterocycles. The fourth-order valence-corrected chi connectivity index (χ4v) is 1.85. The molecule has 1 aromatic rings. The van der Waals surface area contributed by atoms with Gasteiger partial charge in [0, 0.05) is 10.0 Å². The van der Waals surface area contributed by atoms with E-state index in [9.17, 15) is 9.90 Å². The van der Waals surface area contributed by atoms with Crippen molar-refractivity contribution in [1.82, 2.24) is 0 Å². The van der Waals surface area contributed by atoms with Crippen LogP contribution in [0.4, 0.5) is 0 Å². The summed E-state index contributed by atoms with van der Waals surface area (Å²) in [7, 11) is 0. The number of halogens is 2. The number of hydrogen-bond donors (Lipinski definition) is 1. The first kappa shape index (κ1) is 16.2. The molecule has 0 saturated heterocycles. The van der Waals surface area contributed by atoms with Crippen LogP contribution in [-0.2, 0) is 9.53 Å².